The van der Waals surface area contributed by atoms with Gasteiger partial charge in [-0.05, 0) is 58.8 Å². The van der Waals surface area contributed by atoms with E-state index in [1.165, 1.54) is 0 Å². The lowest BCUT2D eigenvalue weighted by Crippen LogP contribution is -2.44. The van der Waals surface area contributed by atoms with Gasteiger partial charge >= 0.3 is 0 Å². The highest BCUT2D eigenvalue weighted by molar-refractivity contribution is 4.88. The third-order valence-corrected chi connectivity index (χ3v) is 4.11. The van der Waals surface area contributed by atoms with Crippen LogP contribution in [-0.2, 0) is 9.47 Å². The maximum absolute atomic E-state index is 6.32. The summed E-state index contributed by atoms with van der Waals surface area (Å²) >= 11 is 0. The normalized spacial score (nSPS) is 15.3. The Morgan fingerprint density at radius 2 is 1.42 bits per heavy atom. The quantitative estimate of drug-likeness (QED) is 0.584. The third-order valence-electron chi connectivity index (χ3n) is 4.11. The van der Waals surface area contributed by atoms with Gasteiger partial charge in [-0.3, -0.25) is 0 Å². The van der Waals surface area contributed by atoms with Crippen molar-refractivity contribution < 1.29 is 9.47 Å². The van der Waals surface area contributed by atoms with Crippen molar-refractivity contribution in [2.24, 2.45) is 11.3 Å². The fourth-order valence-corrected chi connectivity index (χ4v) is 2.23. The highest BCUT2D eigenvalue weighted by Gasteiger charge is 2.38. The molecule has 2 nitrogen and oxygen atoms in total. The minimum absolute atomic E-state index is 0.104. The van der Waals surface area contributed by atoms with Crippen LogP contribution in [0.4, 0.5) is 0 Å². The van der Waals surface area contributed by atoms with Crippen molar-refractivity contribution >= 4 is 0 Å². The molecule has 0 saturated carbocycles. The lowest BCUT2D eigenvalue weighted by atomic mass is 9.74. The second-order valence-corrected chi connectivity index (χ2v) is 7.62. The highest BCUT2D eigenvalue weighted by Crippen LogP contribution is 2.38. The van der Waals surface area contributed by atoms with Gasteiger partial charge in [-0.1, -0.05) is 27.7 Å². The number of ether oxygens (including phenoxy) is 2. The van der Waals surface area contributed by atoms with E-state index in [4.69, 9.17) is 9.47 Å². The van der Waals surface area contributed by atoms with E-state index in [-0.39, 0.29) is 11.0 Å². The zero-order valence-corrected chi connectivity index (χ0v) is 14.7. The fraction of sp³-hybridized carbons (Fsp3) is 1.00. The summed E-state index contributed by atoms with van der Waals surface area (Å²) in [7, 11) is 0. The second kappa shape index (κ2) is 7.64. The molecule has 2 heteroatoms. The van der Waals surface area contributed by atoms with Crippen LogP contribution in [-0.4, -0.2) is 24.4 Å². The first-order valence-corrected chi connectivity index (χ1v) is 7.77. The second-order valence-electron chi connectivity index (χ2n) is 7.62. The molecule has 0 amide bonds. The van der Waals surface area contributed by atoms with E-state index >= 15 is 0 Å². The molecule has 1 unspecified atom stereocenters. The van der Waals surface area contributed by atoms with Gasteiger partial charge in [0.2, 0.25) is 0 Å². The molecule has 0 heterocycles. The molecular formula is C17H36O2. The predicted octanol–water partition coefficient (Wildman–Crippen LogP) is 5.06. The Bertz CT molecular complexity index is 242. The minimum atomic E-state index is -0.137. The van der Waals surface area contributed by atoms with Gasteiger partial charge in [-0.15, -0.1) is 0 Å². The van der Waals surface area contributed by atoms with Crippen LogP contribution in [0, 0.1) is 11.3 Å². The lowest BCUT2D eigenvalue weighted by molar-refractivity contribution is -0.142. The molecule has 0 aromatic heterocycles. The van der Waals surface area contributed by atoms with E-state index in [9.17, 15) is 0 Å². The lowest BCUT2D eigenvalue weighted by Gasteiger charge is -2.43. The fourth-order valence-electron chi connectivity index (χ4n) is 2.23. The summed E-state index contributed by atoms with van der Waals surface area (Å²) in [6, 6.07) is 0. The van der Waals surface area contributed by atoms with E-state index in [2.05, 4.69) is 62.3 Å². The summed E-state index contributed by atoms with van der Waals surface area (Å²) in [6.45, 7) is 20.6. The topological polar surface area (TPSA) is 18.5 Å². The van der Waals surface area contributed by atoms with Crippen LogP contribution in [0.25, 0.3) is 0 Å². The van der Waals surface area contributed by atoms with Crippen LogP contribution in [0.2, 0.25) is 0 Å². The molecule has 0 aromatic carbocycles. The van der Waals surface area contributed by atoms with E-state index in [1.807, 2.05) is 0 Å². The summed E-state index contributed by atoms with van der Waals surface area (Å²) in [5.74, 6) is 0.679. The number of rotatable bonds is 9. The van der Waals surface area contributed by atoms with Crippen LogP contribution >= 0.6 is 0 Å². The first-order chi connectivity index (χ1) is 8.48. The van der Waals surface area contributed by atoms with Gasteiger partial charge in [-0.25, -0.2) is 0 Å². The van der Waals surface area contributed by atoms with Gasteiger partial charge in [-0.2, -0.15) is 0 Å². The molecule has 0 bridgehead atoms. The zero-order chi connectivity index (χ0) is 15.3. The monoisotopic (exact) mass is 272 g/mol. The highest BCUT2D eigenvalue weighted by atomic mass is 16.5. The molecule has 0 rings (SSSR count). The van der Waals surface area contributed by atoms with Crippen molar-refractivity contribution in [3.8, 4) is 0 Å². The molecule has 0 aromatic rings. The van der Waals surface area contributed by atoms with Gasteiger partial charge in [0, 0.05) is 6.61 Å². The summed E-state index contributed by atoms with van der Waals surface area (Å²) in [6.07, 6.45) is 2.74. The molecule has 0 aliphatic carbocycles. The molecule has 0 N–H and O–H groups in total. The van der Waals surface area contributed by atoms with E-state index in [0.717, 1.165) is 19.4 Å². The Balaban J connectivity index is 4.41. The minimum Gasteiger partial charge on any atom is -0.379 e. The molecule has 0 spiro atoms. The van der Waals surface area contributed by atoms with E-state index < -0.39 is 0 Å². The SMILES string of the molecule is CC(C)CC(C)OC(C)(C)C(C)(C)CCOC(C)C. The van der Waals surface area contributed by atoms with Crippen molar-refractivity contribution in [2.45, 2.75) is 93.0 Å². The molecule has 0 saturated heterocycles. The summed E-state index contributed by atoms with van der Waals surface area (Å²) in [4.78, 5) is 0. The molecule has 0 aliphatic heterocycles. The first-order valence-electron chi connectivity index (χ1n) is 7.77. The molecule has 0 fully saturated rings. The molecule has 1 atom stereocenters. The maximum Gasteiger partial charge on any atom is 0.0681 e. The Morgan fingerprint density at radius 1 is 0.895 bits per heavy atom. The van der Waals surface area contributed by atoms with Crippen molar-refractivity contribution in [3.05, 3.63) is 0 Å². The van der Waals surface area contributed by atoms with Crippen LogP contribution in [0.15, 0.2) is 0 Å². The zero-order valence-electron chi connectivity index (χ0n) is 14.7. The van der Waals surface area contributed by atoms with Crippen LogP contribution in [0.3, 0.4) is 0 Å². The molecule has 116 valence electrons. The van der Waals surface area contributed by atoms with Gasteiger partial charge in [0.05, 0.1) is 17.8 Å². The molecule has 0 radical (unpaired) electrons. The standard InChI is InChI=1S/C17H36O2/c1-13(2)12-15(5)19-17(8,9)16(6,7)10-11-18-14(3)4/h13-15H,10-12H2,1-9H3. The Labute approximate surface area is 121 Å². The van der Waals surface area contributed by atoms with Gasteiger partial charge in [0.1, 0.15) is 0 Å². The average Bonchev–Trinajstić information content (AvgIpc) is 2.13. The van der Waals surface area contributed by atoms with E-state index in [0.29, 0.717) is 18.1 Å². The summed E-state index contributed by atoms with van der Waals surface area (Å²) < 4.78 is 12.0. The first kappa shape index (κ1) is 18.9. The van der Waals surface area contributed by atoms with Gasteiger partial charge in [0.25, 0.3) is 0 Å². The Hall–Kier alpha value is -0.0800. The smallest absolute Gasteiger partial charge is 0.0681 e. The van der Waals surface area contributed by atoms with Crippen LogP contribution in [0.1, 0.15) is 75.2 Å². The summed E-state index contributed by atoms with van der Waals surface area (Å²) in [5.41, 5.74) is -0.0330. The van der Waals surface area contributed by atoms with E-state index in [1.54, 1.807) is 0 Å². The third kappa shape index (κ3) is 7.31. The van der Waals surface area contributed by atoms with Crippen LogP contribution < -0.4 is 0 Å². The maximum atomic E-state index is 6.32. The van der Waals surface area contributed by atoms with Gasteiger partial charge in [0.15, 0.2) is 0 Å². The number of hydrogen-bond acceptors (Lipinski definition) is 2. The molecular weight excluding hydrogens is 236 g/mol. The van der Waals surface area contributed by atoms with Gasteiger partial charge < -0.3 is 9.47 Å². The van der Waals surface area contributed by atoms with Crippen molar-refractivity contribution in [2.75, 3.05) is 6.61 Å². The Morgan fingerprint density at radius 3 is 1.84 bits per heavy atom. The number of hydrogen-bond donors (Lipinski definition) is 0. The van der Waals surface area contributed by atoms with Crippen LogP contribution in [0.5, 0.6) is 0 Å². The predicted molar refractivity (Wildman–Crippen MR) is 83.6 cm³/mol. The van der Waals surface area contributed by atoms with Crippen molar-refractivity contribution in [1.82, 2.24) is 0 Å². The molecule has 19 heavy (non-hydrogen) atoms. The molecule has 0 aliphatic rings. The summed E-state index contributed by atoms with van der Waals surface area (Å²) in [5, 5.41) is 0. The largest absolute Gasteiger partial charge is 0.379 e. The van der Waals surface area contributed by atoms with Crippen molar-refractivity contribution in [3.63, 3.8) is 0 Å². The Kier molecular flexibility index (Phi) is 7.60. The van der Waals surface area contributed by atoms with Crippen molar-refractivity contribution in [1.29, 1.82) is 0 Å². The average molecular weight is 272 g/mol.